The third-order valence-electron chi connectivity index (χ3n) is 3.80. The molecule has 22 heavy (non-hydrogen) atoms. The first kappa shape index (κ1) is 14.6. The van der Waals surface area contributed by atoms with Crippen LogP contribution in [-0.2, 0) is 0 Å². The first-order chi connectivity index (χ1) is 10.8. The van der Waals surface area contributed by atoms with E-state index in [0.717, 1.165) is 44.1 Å². The van der Waals surface area contributed by atoms with Crippen LogP contribution in [0.15, 0.2) is 36.5 Å². The van der Waals surface area contributed by atoms with E-state index in [1.165, 1.54) is 0 Å². The fraction of sp³-hybridized carbons (Fsp3) is 0.312. The van der Waals surface area contributed by atoms with Crippen molar-refractivity contribution in [3.8, 4) is 6.07 Å². The minimum Gasteiger partial charge on any atom is -0.369 e. The lowest BCUT2D eigenvalue weighted by Gasteiger charge is -2.24. The molecule has 6 heteroatoms. The summed E-state index contributed by atoms with van der Waals surface area (Å²) in [6.07, 6.45) is 2.67. The molecule has 0 N–H and O–H groups in total. The van der Waals surface area contributed by atoms with Gasteiger partial charge in [0.1, 0.15) is 6.07 Å². The highest BCUT2D eigenvalue weighted by Gasteiger charge is 2.18. The van der Waals surface area contributed by atoms with E-state index >= 15 is 0 Å². The van der Waals surface area contributed by atoms with Crippen LogP contribution in [0.4, 0.5) is 11.5 Å². The Morgan fingerprint density at radius 2 is 1.91 bits per heavy atom. The molecule has 0 radical (unpaired) electrons. The molecule has 1 aliphatic heterocycles. The summed E-state index contributed by atoms with van der Waals surface area (Å²) in [5.41, 5.74) is 1.58. The highest BCUT2D eigenvalue weighted by Crippen LogP contribution is 2.26. The number of nitriles is 1. The van der Waals surface area contributed by atoms with Gasteiger partial charge < -0.3 is 9.80 Å². The molecule has 1 saturated heterocycles. The maximum Gasteiger partial charge on any atom is 0.151 e. The van der Waals surface area contributed by atoms with E-state index in [9.17, 15) is 5.26 Å². The van der Waals surface area contributed by atoms with Crippen molar-refractivity contribution in [3.05, 3.63) is 47.1 Å². The molecule has 2 aromatic rings. The topological polar surface area (TPSA) is 56.1 Å². The molecule has 0 saturated carbocycles. The lowest BCUT2D eigenvalue weighted by Crippen LogP contribution is -2.31. The normalized spacial score (nSPS) is 15.3. The molecule has 1 aliphatic rings. The Kier molecular flexibility index (Phi) is 4.40. The van der Waals surface area contributed by atoms with Gasteiger partial charge in [-0.15, -0.1) is 5.10 Å². The van der Waals surface area contributed by atoms with Gasteiger partial charge in [0.05, 0.1) is 11.3 Å². The van der Waals surface area contributed by atoms with Gasteiger partial charge in [0.25, 0.3) is 0 Å². The molecule has 0 unspecified atom stereocenters. The van der Waals surface area contributed by atoms with Crippen molar-refractivity contribution in [2.24, 2.45) is 0 Å². The fourth-order valence-corrected chi connectivity index (χ4v) is 2.88. The molecule has 1 fully saturated rings. The van der Waals surface area contributed by atoms with Crippen molar-refractivity contribution < 1.29 is 0 Å². The van der Waals surface area contributed by atoms with E-state index in [2.05, 4.69) is 26.1 Å². The second-order valence-electron chi connectivity index (χ2n) is 5.18. The maximum atomic E-state index is 9.29. The van der Waals surface area contributed by atoms with E-state index in [4.69, 9.17) is 11.6 Å². The second-order valence-corrected chi connectivity index (χ2v) is 5.62. The van der Waals surface area contributed by atoms with Gasteiger partial charge in [0, 0.05) is 37.4 Å². The van der Waals surface area contributed by atoms with Crippen LogP contribution in [0.25, 0.3) is 0 Å². The number of halogens is 1. The number of anilines is 2. The van der Waals surface area contributed by atoms with E-state index in [1.807, 2.05) is 18.2 Å². The third kappa shape index (κ3) is 3.12. The summed E-state index contributed by atoms with van der Waals surface area (Å²) in [6.45, 7) is 3.49. The van der Waals surface area contributed by atoms with Gasteiger partial charge in [-0.3, -0.25) is 0 Å². The average molecular weight is 314 g/mol. The lowest BCUT2D eigenvalue weighted by atomic mass is 10.1. The zero-order chi connectivity index (χ0) is 15.4. The molecule has 1 aromatic carbocycles. The lowest BCUT2D eigenvalue weighted by molar-refractivity contribution is 0.786. The number of rotatable bonds is 2. The molecule has 3 rings (SSSR count). The number of benzene rings is 1. The molecule has 0 amide bonds. The average Bonchev–Trinajstić information content (AvgIpc) is 2.81. The summed E-state index contributed by atoms with van der Waals surface area (Å²) in [4.78, 5) is 4.45. The van der Waals surface area contributed by atoms with Crippen molar-refractivity contribution in [2.75, 3.05) is 36.0 Å². The van der Waals surface area contributed by atoms with Crippen molar-refractivity contribution in [1.29, 1.82) is 5.26 Å². The first-order valence-electron chi connectivity index (χ1n) is 7.25. The monoisotopic (exact) mass is 313 g/mol. The summed E-state index contributed by atoms with van der Waals surface area (Å²) in [6, 6.07) is 11.5. The van der Waals surface area contributed by atoms with Crippen LogP contribution in [-0.4, -0.2) is 36.4 Å². The Bertz CT molecular complexity index is 683. The van der Waals surface area contributed by atoms with E-state index in [-0.39, 0.29) is 0 Å². The van der Waals surface area contributed by atoms with Crippen molar-refractivity contribution in [1.82, 2.24) is 10.2 Å². The van der Waals surface area contributed by atoms with Gasteiger partial charge in [0.15, 0.2) is 5.82 Å². The minimum absolute atomic E-state index is 0.657. The van der Waals surface area contributed by atoms with E-state index < -0.39 is 0 Å². The van der Waals surface area contributed by atoms with Gasteiger partial charge in [-0.2, -0.15) is 10.4 Å². The SMILES string of the molecule is N#Cc1ccc(Cl)cc1N1CCCN(c2cccnn2)CC1. The van der Waals surface area contributed by atoms with Gasteiger partial charge in [-0.25, -0.2) is 0 Å². The summed E-state index contributed by atoms with van der Waals surface area (Å²) in [5.74, 6) is 0.899. The molecule has 0 spiro atoms. The molecule has 2 heterocycles. The van der Waals surface area contributed by atoms with Gasteiger partial charge in [-0.05, 0) is 36.8 Å². The van der Waals surface area contributed by atoms with Crippen LogP contribution in [0, 0.1) is 11.3 Å². The zero-order valence-corrected chi connectivity index (χ0v) is 12.9. The highest BCUT2D eigenvalue weighted by atomic mass is 35.5. The Morgan fingerprint density at radius 1 is 1.09 bits per heavy atom. The molecular weight excluding hydrogens is 298 g/mol. The third-order valence-corrected chi connectivity index (χ3v) is 4.03. The van der Waals surface area contributed by atoms with Crippen LogP contribution < -0.4 is 9.80 Å². The number of aromatic nitrogens is 2. The summed E-state index contributed by atoms with van der Waals surface area (Å²) in [5, 5.41) is 18.1. The molecule has 112 valence electrons. The van der Waals surface area contributed by atoms with Crippen molar-refractivity contribution in [3.63, 3.8) is 0 Å². The van der Waals surface area contributed by atoms with Crippen molar-refractivity contribution >= 4 is 23.1 Å². The molecule has 0 aliphatic carbocycles. The Balaban J connectivity index is 1.79. The van der Waals surface area contributed by atoms with E-state index in [0.29, 0.717) is 10.6 Å². The van der Waals surface area contributed by atoms with Crippen LogP contribution in [0.1, 0.15) is 12.0 Å². The standard InChI is InChI=1S/C16H16ClN5/c17-14-5-4-13(12-18)15(11-14)21-7-2-8-22(10-9-21)16-3-1-6-19-20-16/h1,3-6,11H,2,7-10H2. The quantitative estimate of drug-likeness (QED) is 0.853. The smallest absolute Gasteiger partial charge is 0.151 e. The second kappa shape index (κ2) is 6.63. The molecule has 0 bridgehead atoms. The number of nitrogens with zero attached hydrogens (tertiary/aromatic N) is 5. The zero-order valence-electron chi connectivity index (χ0n) is 12.1. The summed E-state index contributed by atoms with van der Waals surface area (Å²) < 4.78 is 0. The first-order valence-corrected chi connectivity index (χ1v) is 7.63. The fourth-order valence-electron chi connectivity index (χ4n) is 2.71. The van der Waals surface area contributed by atoms with Crippen LogP contribution in [0.5, 0.6) is 0 Å². The molecule has 1 aromatic heterocycles. The molecular formula is C16H16ClN5. The van der Waals surface area contributed by atoms with Crippen LogP contribution >= 0.6 is 11.6 Å². The van der Waals surface area contributed by atoms with Crippen LogP contribution in [0.2, 0.25) is 5.02 Å². The Hall–Kier alpha value is -2.32. The van der Waals surface area contributed by atoms with Gasteiger partial charge in [0.2, 0.25) is 0 Å². The molecule has 5 nitrogen and oxygen atoms in total. The summed E-state index contributed by atoms with van der Waals surface area (Å²) in [7, 11) is 0. The maximum absolute atomic E-state index is 9.29. The molecule has 0 atom stereocenters. The highest BCUT2D eigenvalue weighted by molar-refractivity contribution is 6.30. The number of hydrogen-bond donors (Lipinski definition) is 0. The summed E-state index contributed by atoms with van der Waals surface area (Å²) >= 11 is 6.09. The van der Waals surface area contributed by atoms with E-state index in [1.54, 1.807) is 18.3 Å². The van der Waals surface area contributed by atoms with Gasteiger partial charge >= 0.3 is 0 Å². The minimum atomic E-state index is 0.657. The van der Waals surface area contributed by atoms with Crippen LogP contribution in [0.3, 0.4) is 0 Å². The predicted molar refractivity (Wildman–Crippen MR) is 87.2 cm³/mol. The van der Waals surface area contributed by atoms with Gasteiger partial charge in [-0.1, -0.05) is 11.6 Å². The largest absolute Gasteiger partial charge is 0.369 e. The predicted octanol–water partition coefficient (Wildman–Crippen LogP) is 2.72. The Labute approximate surface area is 134 Å². The number of hydrogen-bond acceptors (Lipinski definition) is 5. The van der Waals surface area contributed by atoms with Crippen molar-refractivity contribution in [2.45, 2.75) is 6.42 Å². The Morgan fingerprint density at radius 3 is 2.68 bits per heavy atom.